The number of aliphatic hydroxyl groups is 1. The monoisotopic (exact) mass is 212 g/mol. The number of aliphatic hydroxyl groups excluding tert-OH is 1. The van der Waals surface area contributed by atoms with Gasteiger partial charge in [0.25, 0.3) is 0 Å². The largest absolute Gasteiger partial charge is 0.376 e. The SMILES string of the molecule is C=CCC/C=C/C(O)OCC1CCCO1. The second-order valence-corrected chi connectivity index (χ2v) is 3.65. The number of hydrogen-bond donors (Lipinski definition) is 1. The van der Waals surface area contributed by atoms with Crippen LogP contribution in [-0.2, 0) is 9.47 Å². The van der Waals surface area contributed by atoms with Gasteiger partial charge in [0.1, 0.15) is 0 Å². The molecule has 1 aliphatic heterocycles. The van der Waals surface area contributed by atoms with Crippen LogP contribution in [0.4, 0.5) is 0 Å². The Balaban J connectivity index is 2.03. The highest BCUT2D eigenvalue weighted by Gasteiger charge is 2.16. The van der Waals surface area contributed by atoms with Crippen LogP contribution in [0.1, 0.15) is 25.7 Å². The molecule has 15 heavy (non-hydrogen) atoms. The Morgan fingerprint density at radius 3 is 3.07 bits per heavy atom. The van der Waals surface area contributed by atoms with Crippen LogP contribution in [0.5, 0.6) is 0 Å². The van der Waals surface area contributed by atoms with Crippen molar-refractivity contribution in [2.45, 2.75) is 38.1 Å². The molecule has 0 radical (unpaired) electrons. The first kappa shape index (κ1) is 12.4. The smallest absolute Gasteiger partial charge is 0.174 e. The van der Waals surface area contributed by atoms with Crippen molar-refractivity contribution >= 4 is 0 Å². The number of ether oxygens (including phenoxy) is 2. The van der Waals surface area contributed by atoms with Gasteiger partial charge in [0.2, 0.25) is 0 Å². The lowest BCUT2D eigenvalue weighted by Gasteiger charge is -2.12. The predicted octanol–water partition coefficient (Wildman–Crippen LogP) is 2.02. The summed E-state index contributed by atoms with van der Waals surface area (Å²) in [4.78, 5) is 0. The van der Waals surface area contributed by atoms with E-state index in [1.54, 1.807) is 6.08 Å². The molecule has 2 unspecified atom stereocenters. The fraction of sp³-hybridized carbons (Fsp3) is 0.667. The van der Waals surface area contributed by atoms with Gasteiger partial charge in [-0.15, -0.1) is 6.58 Å². The molecule has 0 spiro atoms. The van der Waals surface area contributed by atoms with Gasteiger partial charge < -0.3 is 14.6 Å². The number of unbranched alkanes of at least 4 members (excludes halogenated alkanes) is 1. The summed E-state index contributed by atoms with van der Waals surface area (Å²) in [7, 11) is 0. The normalized spacial score (nSPS) is 23.4. The van der Waals surface area contributed by atoms with Crippen LogP contribution in [0, 0.1) is 0 Å². The molecule has 0 saturated carbocycles. The van der Waals surface area contributed by atoms with Crippen molar-refractivity contribution in [1.29, 1.82) is 0 Å². The standard InChI is InChI=1S/C12H20O3/c1-2-3-4-5-8-12(13)15-10-11-7-6-9-14-11/h2,5,8,11-13H,1,3-4,6-7,9-10H2/b8-5+. The Hall–Kier alpha value is -0.640. The molecule has 0 aromatic heterocycles. The van der Waals surface area contributed by atoms with Crippen molar-refractivity contribution < 1.29 is 14.6 Å². The summed E-state index contributed by atoms with van der Waals surface area (Å²) in [5.41, 5.74) is 0. The third kappa shape index (κ3) is 5.72. The van der Waals surface area contributed by atoms with Crippen molar-refractivity contribution in [3.05, 3.63) is 24.8 Å². The molecule has 0 amide bonds. The van der Waals surface area contributed by atoms with Gasteiger partial charge in [0.05, 0.1) is 12.7 Å². The fourth-order valence-corrected chi connectivity index (χ4v) is 1.46. The quantitative estimate of drug-likeness (QED) is 0.398. The molecule has 0 aromatic rings. The molecule has 3 heteroatoms. The van der Waals surface area contributed by atoms with Crippen molar-refractivity contribution in [3.8, 4) is 0 Å². The van der Waals surface area contributed by atoms with Gasteiger partial charge in [-0.1, -0.05) is 12.2 Å². The third-order valence-corrected chi connectivity index (χ3v) is 2.32. The van der Waals surface area contributed by atoms with Gasteiger partial charge in [-0.2, -0.15) is 0 Å². The van der Waals surface area contributed by atoms with Crippen LogP contribution in [0.3, 0.4) is 0 Å². The Bertz CT molecular complexity index is 195. The van der Waals surface area contributed by atoms with Crippen LogP contribution in [0.25, 0.3) is 0 Å². The first-order valence-electron chi connectivity index (χ1n) is 5.51. The summed E-state index contributed by atoms with van der Waals surface area (Å²) in [5, 5.41) is 9.42. The second kappa shape index (κ2) is 7.63. The van der Waals surface area contributed by atoms with E-state index in [0.29, 0.717) is 6.61 Å². The van der Waals surface area contributed by atoms with E-state index >= 15 is 0 Å². The first-order valence-corrected chi connectivity index (χ1v) is 5.51. The fourth-order valence-electron chi connectivity index (χ4n) is 1.46. The Labute approximate surface area is 91.4 Å². The van der Waals surface area contributed by atoms with Crippen molar-refractivity contribution in [1.82, 2.24) is 0 Å². The average Bonchev–Trinajstić information content (AvgIpc) is 2.74. The summed E-state index contributed by atoms with van der Waals surface area (Å²) in [6.45, 7) is 4.92. The molecular formula is C12H20O3. The molecule has 86 valence electrons. The average molecular weight is 212 g/mol. The van der Waals surface area contributed by atoms with E-state index in [0.717, 1.165) is 32.3 Å². The number of hydrogen-bond acceptors (Lipinski definition) is 3. The van der Waals surface area contributed by atoms with Gasteiger partial charge in [-0.05, 0) is 31.8 Å². The molecule has 1 N–H and O–H groups in total. The molecule has 1 saturated heterocycles. The molecule has 1 fully saturated rings. The highest BCUT2D eigenvalue weighted by molar-refractivity contribution is 4.86. The summed E-state index contributed by atoms with van der Waals surface area (Å²) in [6, 6.07) is 0. The van der Waals surface area contributed by atoms with E-state index in [2.05, 4.69) is 6.58 Å². The second-order valence-electron chi connectivity index (χ2n) is 3.65. The van der Waals surface area contributed by atoms with Gasteiger partial charge in [-0.3, -0.25) is 0 Å². The predicted molar refractivity (Wildman–Crippen MR) is 59.5 cm³/mol. The van der Waals surface area contributed by atoms with Gasteiger partial charge >= 0.3 is 0 Å². The lowest BCUT2D eigenvalue weighted by molar-refractivity contribution is -0.0947. The van der Waals surface area contributed by atoms with Gasteiger partial charge in [0, 0.05) is 6.61 Å². The minimum atomic E-state index is -0.806. The lowest BCUT2D eigenvalue weighted by Crippen LogP contribution is -2.19. The Morgan fingerprint density at radius 1 is 1.53 bits per heavy atom. The highest BCUT2D eigenvalue weighted by Crippen LogP contribution is 2.12. The van der Waals surface area contributed by atoms with E-state index in [4.69, 9.17) is 9.47 Å². The Morgan fingerprint density at radius 2 is 2.40 bits per heavy atom. The third-order valence-electron chi connectivity index (χ3n) is 2.32. The molecule has 3 nitrogen and oxygen atoms in total. The van der Waals surface area contributed by atoms with Crippen LogP contribution < -0.4 is 0 Å². The number of rotatable bonds is 7. The zero-order valence-corrected chi connectivity index (χ0v) is 9.10. The molecule has 1 rings (SSSR count). The van der Waals surface area contributed by atoms with E-state index in [-0.39, 0.29) is 6.10 Å². The summed E-state index contributed by atoms with van der Waals surface area (Å²) in [5.74, 6) is 0. The maximum absolute atomic E-state index is 9.42. The van der Waals surface area contributed by atoms with E-state index in [1.807, 2.05) is 12.2 Å². The molecule has 1 heterocycles. The zero-order chi connectivity index (χ0) is 10.9. The topological polar surface area (TPSA) is 38.7 Å². The molecule has 1 aliphatic rings. The Kier molecular flexibility index (Phi) is 6.32. The minimum Gasteiger partial charge on any atom is -0.376 e. The van der Waals surface area contributed by atoms with Crippen molar-refractivity contribution in [3.63, 3.8) is 0 Å². The van der Waals surface area contributed by atoms with Gasteiger partial charge in [0.15, 0.2) is 6.29 Å². The van der Waals surface area contributed by atoms with Crippen LogP contribution in [0.15, 0.2) is 24.8 Å². The number of allylic oxidation sites excluding steroid dienone is 2. The lowest BCUT2D eigenvalue weighted by atomic mass is 10.2. The maximum atomic E-state index is 9.42. The molecule has 0 aromatic carbocycles. The maximum Gasteiger partial charge on any atom is 0.174 e. The van der Waals surface area contributed by atoms with Crippen molar-refractivity contribution in [2.24, 2.45) is 0 Å². The van der Waals surface area contributed by atoms with E-state index in [1.165, 1.54) is 0 Å². The van der Waals surface area contributed by atoms with Crippen LogP contribution >= 0.6 is 0 Å². The highest BCUT2D eigenvalue weighted by atomic mass is 16.6. The summed E-state index contributed by atoms with van der Waals surface area (Å²) < 4.78 is 10.6. The van der Waals surface area contributed by atoms with Crippen LogP contribution in [-0.4, -0.2) is 30.7 Å². The summed E-state index contributed by atoms with van der Waals surface area (Å²) >= 11 is 0. The zero-order valence-electron chi connectivity index (χ0n) is 9.10. The molecular weight excluding hydrogens is 192 g/mol. The van der Waals surface area contributed by atoms with Crippen molar-refractivity contribution in [2.75, 3.05) is 13.2 Å². The van der Waals surface area contributed by atoms with Crippen LogP contribution in [0.2, 0.25) is 0 Å². The van der Waals surface area contributed by atoms with E-state index < -0.39 is 6.29 Å². The molecule has 0 aliphatic carbocycles. The van der Waals surface area contributed by atoms with E-state index in [9.17, 15) is 5.11 Å². The minimum absolute atomic E-state index is 0.168. The first-order chi connectivity index (χ1) is 7.33. The molecule has 2 atom stereocenters. The van der Waals surface area contributed by atoms with Gasteiger partial charge in [-0.25, -0.2) is 0 Å². The molecule has 0 bridgehead atoms. The summed E-state index contributed by atoms with van der Waals surface area (Å²) in [6.07, 6.45) is 8.73.